The maximum Gasteiger partial charge on any atom is 0.269 e. The van der Waals surface area contributed by atoms with Crippen molar-refractivity contribution in [3.05, 3.63) is 42.2 Å². The third-order valence-corrected chi connectivity index (χ3v) is 8.08. The van der Waals surface area contributed by atoms with Gasteiger partial charge < -0.3 is 4.90 Å². The van der Waals surface area contributed by atoms with Gasteiger partial charge in [0.2, 0.25) is 16.0 Å². The van der Waals surface area contributed by atoms with Gasteiger partial charge in [-0.05, 0) is 30.7 Å². The predicted molar refractivity (Wildman–Crippen MR) is 111 cm³/mol. The van der Waals surface area contributed by atoms with E-state index in [2.05, 4.69) is 19.8 Å². The van der Waals surface area contributed by atoms with Crippen LogP contribution in [-0.2, 0) is 20.0 Å². The molecule has 166 valence electrons. The Balaban J connectivity index is 1.36. The molecule has 2 aliphatic rings. The van der Waals surface area contributed by atoms with E-state index in [1.165, 1.54) is 6.07 Å². The van der Waals surface area contributed by atoms with Crippen LogP contribution in [0.3, 0.4) is 0 Å². The van der Waals surface area contributed by atoms with E-state index in [0.29, 0.717) is 18.9 Å². The van der Waals surface area contributed by atoms with Gasteiger partial charge in [-0.15, -0.1) is 0 Å². The molecule has 1 aromatic heterocycles. The fourth-order valence-electron chi connectivity index (χ4n) is 3.72. The first-order valence-corrected chi connectivity index (χ1v) is 12.6. The Morgan fingerprint density at radius 2 is 1.71 bits per heavy atom. The summed E-state index contributed by atoms with van der Waals surface area (Å²) in [6.07, 6.45) is 3.86. The summed E-state index contributed by atoms with van der Waals surface area (Å²) in [5.74, 6) is 0.0366. The summed E-state index contributed by atoms with van der Waals surface area (Å²) in [6.45, 7) is 3.71. The number of nitrogens with zero attached hydrogens (tertiary/aromatic N) is 5. The van der Waals surface area contributed by atoms with Gasteiger partial charge in [-0.1, -0.05) is 0 Å². The highest BCUT2D eigenvalue weighted by Crippen LogP contribution is 2.32. The lowest BCUT2D eigenvalue weighted by molar-refractivity contribution is 0.0866. The molecule has 0 unspecified atom stereocenters. The molecule has 3 heterocycles. The number of nitrogens with two attached hydrogens (primary N) is 1. The number of benzene rings is 1. The molecule has 2 aromatic rings. The number of hydrogen-bond acceptors (Lipinski definition) is 9. The molecule has 0 spiro atoms. The monoisotopic (exact) mass is 466 g/mol. The number of carbonyl (C=O) groups is 1. The first-order valence-electron chi connectivity index (χ1n) is 9.66. The van der Waals surface area contributed by atoms with E-state index < -0.39 is 26.0 Å². The molecule has 1 amide bonds. The predicted octanol–water partition coefficient (Wildman–Crippen LogP) is -0.519. The highest BCUT2D eigenvalue weighted by Gasteiger charge is 2.41. The molecular weight excluding hydrogens is 444 g/mol. The summed E-state index contributed by atoms with van der Waals surface area (Å²) >= 11 is 0. The quantitative estimate of drug-likeness (QED) is 0.594. The van der Waals surface area contributed by atoms with Gasteiger partial charge in [0.25, 0.3) is 15.9 Å². The normalized spacial score (nSPS) is 18.9. The number of carbonyl (C=O) groups excluding carboxylic acids is 1. The lowest BCUT2D eigenvalue weighted by Crippen LogP contribution is -2.47. The van der Waals surface area contributed by atoms with E-state index in [1.807, 2.05) is 0 Å². The van der Waals surface area contributed by atoms with E-state index in [1.54, 1.807) is 18.5 Å². The minimum absolute atomic E-state index is 0.0164. The Morgan fingerprint density at radius 1 is 1.03 bits per heavy atom. The molecule has 2 N–H and O–H groups in total. The maximum absolute atomic E-state index is 12.8. The summed E-state index contributed by atoms with van der Waals surface area (Å²) in [5.41, 5.74) is -0.0381. The van der Waals surface area contributed by atoms with Crippen LogP contribution in [0, 0.1) is 0 Å². The highest BCUT2D eigenvalue weighted by atomic mass is 32.2. The standard InChI is InChI=1S/C18H22N6O5S2/c19-30(26,27)14-3-4-15-16(13-14)31(28,29)24(17(15)25)8-2-7-22-9-11-23(12-10-22)18-20-5-1-6-21-18/h1,3-6,13H,2,7-12H2,(H2,19,26,27). The van der Waals surface area contributed by atoms with Crippen molar-refractivity contribution in [2.75, 3.05) is 44.2 Å². The SMILES string of the molecule is NS(=O)(=O)c1ccc2c(c1)S(=O)(=O)N(CCCN1CCN(c3ncccn3)CC1)C2=O. The van der Waals surface area contributed by atoms with Crippen molar-refractivity contribution in [3.63, 3.8) is 0 Å². The van der Waals surface area contributed by atoms with Crippen LogP contribution in [0.25, 0.3) is 0 Å². The number of aromatic nitrogens is 2. The van der Waals surface area contributed by atoms with Crippen LogP contribution in [0.2, 0.25) is 0 Å². The molecule has 1 aromatic carbocycles. The number of anilines is 1. The van der Waals surface area contributed by atoms with E-state index in [-0.39, 0.29) is 21.9 Å². The van der Waals surface area contributed by atoms with Gasteiger partial charge in [0.15, 0.2) is 0 Å². The third-order valence-electron chi connectivity index (χ3n) is 5.35. The highest BCUT2D eigenvalue weighted by molar-refractivity contribution is 7.90. The summed E-state index contributed by atoms with van der Waals surface area (Å²) in [6, 6.07) is 5.05. The summed E-state index contributed by atoms with van der Waals surface area (Å²) < 4.78 is 49.5. The first kappa shape index (κ1) is 21.6. The number of piperazine rings is 1. The third kappa shape index (κ3) is 4.26. The van der Waals surface area contributed by atoms with Crippen LogP contribution in [-0.4, -0.2) is 81.2 Å². The van der Waals surface area contributed by atoms with Crippen LogP contribution in [0.5, 0.6) is 0 Å². The molecule has 0 atom stereocenters. The van der Waals surface area contributed by atoms with Crippen molar-refractivity contribution in [2.24, 2.45) is 5.14 Å². The molecular formula is C18H22N6O5S2. The van der Waals surface area contributed by atoms with Gasteiger partial charge in [0, 0.05) is 51.7 Å². The van der Waals surface area contributed by atoms with Gasteiger partial charge in [-0.25, -0.2) is 36.2 Å². The Kier molecular flexibility index (Phi) is 5.68. The molecule has 0 aliphatic carbocycles. The molecule has 1 saturated heterocycles. The zero-order valence-electron chi connectivity index (χ0n) is 16.6. The lowest BCUT2D eigenvalue weighted by Gasteiger charge is -2.34. The van der Waals surface area contributed by atoms with E-state index >= 15 is 0 Å². The molecule has 2 aliphatic heterocycles. The molecule has 11 nitrogen and oxygen atoms in total. The zero-order valence-corrected chi connectivity index (χ0v) is 18.2. The molecule has 1 fully saturated rings. The van der Waals surface area contributed by atoms with Crippen molar-refractivity contribution in [1.29, 1.82) is 0 Å². The number of sulfonamides is 2. The largest absolute Gasteiger partial charge is 0.338 e. The minimum Gasteiger partial charge on any atom is -0.338 e. The summed E-state index contributed by atoms with van der Waals surface area (Å²) in [7, 11) is -8.19. The average Bonchev–Trinajstić information content (AvgIpc) is 2.94. The number of hydrogen-bond donors (Lipinski definition) is 1. The van der Waals surface area contributed by atoms with Crippen molar-refractivity contribution in [3.8, 4) is 0 Å². The van der Waals surface area contributed by atoms with Crippen molar-refractivity contribution in [1.82, 2.24) is 19.2 Å². The Hall–Kier alpha value is -2.61. The number of amides is 1. The van der Waals surface area contributed by atoms with Crippen LogP contribution in [0.4, 0.5) is 5.95 Å². The molecule has 31 heavy (non-hydrogen) atoms. The van der Waals surface area contributed by atoms with Crippen LogP contribution >= 0.6 is 0 Å². The first-order chi connectivity index (χ1) is 14.7. The zero-order chi connectivity index (χ0) is 22.2. The number of primary sulfonamides is 1. The summed E-state index contributed by atoms with van der Waals surface area (Å²) in [5, 5.41) is 5.08. The van der Waals surface area contributed by atoms with E-state index in [0.717, 1.165) is 42.6 Å². The molecule has 0 radical (unpaired) electrons. The van der Waals surface area contributed by atoms with Crippen molar-refractivity contribution in [2.45, 2.75) is 16.2 Å². The van der Waals surface area contributed by atoms with Gasteiger partial charge >= 0.3 is 0 Å². The van der Waals surface area contributed by atoms with Gasteiger partial charge in [0.1, 0.15) is 4.90 Å². The van der Waals surface area contributed by atoms with E-state index in [9.17, 15) is 21.6 Å². The van der Waals surface area contributed by atoms with Crippen LogP contribution < -0.4 is 10.0 Å². The van der Waals surface area contributed by atoms with Gasteiger partial charge in [-0.2, -0.15) is 0 Å². The number of fused-ring (bicyclic) bond motifs is 1. The second kappa shape index (κ2) is 8.15. The lowest BCUT2D eigenvalue weighted by atomic mass is 10.2. The summed E-state index contributed by atoms with van der Waals surface area (Å²) in [4.78, 5) is 24.7. The molecule has 0 saturated carbocycles. The Morgan fingerprint density at radius 3 is 2.35 bits per heavy atom. The fraction of sp³-hybridized carbons (Fsp3) is 0.389. The number of rotatable bonds is 6. The molecule has 13 heteroatoms. The fourth-order valence-corrected chi connectivity index (χ4v) is 5.96. The van der Waals surface area contributed by atoms with E-state index in [4.69, 9.17) is 5.14 Å². The van der Waals surface area contributed by atoms with Crippen molar-refractivity contribution >= 4 is 31.9 Å². The van der Waals surface area contributed by atoms with Crippen LogP contribution in [0.15, 0.2) is 46.5 Å². The average molecular weight is 467 g/mol. The maximum atomic E-state index is 12.8. The smallest absolute Gasteiger partial charge is 0.269 e. The van der Waals surface area contributed by atoms with Crippen molar-refractivity contribution < 1.29 is 21.6 Å². The Labute approximate surface area is 180 Å². The molecule has 4 rings (SSSR count). The molecule has 0 bridgehead atoms. The van der Waals surface area contributed by atoms with Gasteiger partial charge in [-0.3, -0.25) is 9.69 Å². The second-order valence-electron chi connectivity index (χ2n) is 7.32. The second-order valence-corrected chi connectivity index (χ2v) is 10.7. The van der Waals surface area contributed by atoms with Gasteiger partial charge in [0.05, 0.1) is 10.5 Å². The van der Waals surface area contributed by atoms with Crippen LogP contribution in [0.1, 0.15) is 16.8 Å². The minimum atomic E-state index is -4.11. The Bertz CT molecular complexity index is 1200. The topological polar surface area (TPSA) is 147 Å².